The molecule has 0 bridgehead atoms. The molecule has 0 aromatic heterocycles. The van der Waals surface area contributed by atoms with Gasteiger partial charge in [0.1, 0.15) is 0 Å². The van der Waals surface area contributed by atoms with Crippen LogP contribution in [0.25, 0.3) is 0 Å². The van der Waals surface area contributed by atoms with Gasteiger partial charge in [0.25, 0.3) is 0 Å². The molecule has 0 unspecified atom stereocenters. The summed E-state index contributed by atoms with van der Waals surface area (Å²) < 4.78 is 0. The molecule has 0 aliphatic heterocycles. The lowest BCUT2D eigenvalue weighted by Gasteiger charge is -2.31. The molecule has 86 valence electrons. The summed E-state index contributed by atoms with van der Waals surface area (Å²) in [6.45, 7) is 8.78. The number of nitriles is 1. The summed E-state index contributed by atoms with van der Waals surface area (Å²) in [6.07, 6.45) is 0.358. The maximum atomic E-state index is 11.9. The average Bonchev–Trinajstić information content (AvgIpc) is 2.16. The number of rotatable bonds is 4. The van der Waals surface area contributed by atoms with Crippen molar-refractivity contribution < 1.29 is 4.79 Å². The van der Waals surface area contributed by atoms with Gasteiger partial charge in [-0.2, -0.15) is 5.26 Å². The molecule has 0 saturated carbocycles. The molecule has 0 fully saturated rings. The van der Waals surface area contributed by atoms with Crippen LogP contribution >= 0.6 is 0 Å². The van der Waals surface area contributed by atoms with Crippen molar-refractivity contribution in [2.45, 2.75) is 40.2 Å². The Morgan fingerprint density at radius 3 is 2.40 bits per heavy atom. The van der Waals surface area contributed by atoms with Crippen LogP contribution in [-0.2, 0) is 4.79 Å². The first-order valence-electron chi connectivity index (χ1n) is 5.26. The third-order valence-corrected chi connectivity index (χ3v) is 2.39. The van der Waals surface area contributed by atoms with Crippen LogP contribution in [0.4, 0.5) is 0 Å². The van der Waals surface area contributed by atoms with Gasteiger partial charge in [0, 0.05) is 13.1 Å². The van der Waals surface area contributed by atoms with Crippen molar-refractivity contribution >= 4 is 5.91 Å². The van der Waals surface area contributed by atoms with Gasteiger partial charge in [0.05, 0.1) is 18.5 Å². The normalized spacial score (nSPS) is 13.1. The fourth-order valence-corrected chi connectivity index (χ4v) is 1.18. The van der Waals surface area contributed by atoms with E-state index in [2.05, 4.69) is 0 Å². The Morgan fingerprint density at radius 2 is 2.07 bits per heavy atom. The number of likely N-dealkylation sites (N-methyl/N-ethyl adjacent to an activating group) is 1. The summed E-state index contributed by atoms with van der Waals surface area (Å²) >= 11 is 0. The first-order valence-corrected chi connectivity index (χ1v) is 5.26. The number of amides is 1. The van der Waals surface area contributed by atoms with E-state index in [-0.39, 0.29) is 11.3 Å². The largest absolute Gasteiger partial charge is 0.341 e. The summed E-state index contributed by atoms with van der Waals surface area (Å²) in [5.74, 6) is -0.0692. The van der Waals surface area contributed by atoms with Crippen molar-refractivity contribution in [3.63, 3.8) is 0 Å². The fourth-order valence-electron chi connectivity index (χ4n) is 1.18. The number of carbonyl (C=O) groups is 1. The van der Waals surface area contributed by atoms with Gasteiger partial charge in [0.2, 0.25) is 5.91 Å². The monoisotopic (exact) mass is 211 g/mol. The van der Waals surface area contributed by atoms with Gasteiger partial charge in [0.15, 0.2) is 0 Å². The van der Waals surface area contributed by atoms with E-state index in [1.807, 2.05) is 33.8 Å². The van der Waals surface area contributed by atoms with Crippen molar-refractivity contribution in [2.75, 3.05) is 13.1 Å². The number of nitrogens with two attached hydrogens (primary N) is 1. The van der Waals surface area contributed by atoms with Gasteiger partial charge in [-0.05, 0) is 12.3 Å². The molecule has 0 aromatic carbocycles. The second-order valence-electron chi connectivity index (χ2n) is 4.67. The molecule has 0 saturated heterocycles. The van der Waals surface area contributed by atoms with Gasteiger partial charge in [-0.3, -0.25) is 4.79 Å². The lowest BCUT2D eigenvalue weighted by molar-refractivity contribution is -0.134. The molecule has 4 heteroatoms. The first kappa shape index (κ1) is 13.9. The standard InChI is InChI=1S/C11H21N3O/c1-5-14(8-6-7-12)10(15)9(13)11(2,3)4/h9H,5-6,8,13H2,1-4H3/t9-/m1/s1. The maximum absolute atomic E-state index is 11.9. The van der Waals surface area contributed by atoms with Crippen molar-refractivity contribution in [3.05, 3.63) is 0 Å². The molecule has 0 radical (unpaired) electrons. The Balaban J connectivity index is 4.46. The first-order chi connectivity index (χ1) is 6.84. The zero-order chi connectivity index (χ0) is 12.1. The van der Waals surface area contributed by atoms with Gasteiger partial charge >= 0.3 is 0 Å². The molecule has 1 atom stereocenters. The minimum Gasteiger partial charge on any atom is -0.341 e. The van der Waals surface area contributed by atoms with E-state index in [1.165, 1.54) is 0 Å². The van der Waals surface area contributed by atoms with Gasteiger partial charge < -0.3 is 10.6 Å². The molecular weight excluding hydrogens is 190 g/mol. The summed E-state index contributed by atoms with van der Waals surface area (Å²) in [4.78, 5) is 13.6. The molecule has 0 heterocycles. The zero-order valence-electron chi connectivity index (χ0n) is 10.1. The van der Waals surface area contributed by atoms with Crippen LogP contribution in [0.15, 0.2) is 0 Å². The highest BCUT2D eigenvalue weighted by Crippen LogP contribution is 2.19. The second kappa shape index (κ2) is 5.72. The molecule has 0 aliphatic rings. The van der Waals surface area contributed by atoms with E-state index in [9.17, 15) is 4.79 Å². The van der Waals surface area contributed by atoms with Crippen LogP contribution in [0.5, 0.6) is 0 Å². The van der Waals surface area contributed by atoms with Crippen LogP contribution in [-0.4, -0.2) is 29.9 Å². The van der Waals surface area contributed by atoms with Crippen molar-refractivity contribution in [2.24, 2.45) is 11.1 Å². The SMILES string of the molecule is CCN(CCC#N)C(=O)[C@@H](N)C(C)(C)C. The lowest BCUT2D eigenvalue weighted by atomic mass is 9.86. The number of nitrogens with zero attached hydrogens (tertiary/aromatic N) is 2. The summed E-state index contributed by atoms with van der Waals surface area (Å²) in [7, 11) is 0. The Hall–Kier alpha value is -1.08. The Morgan fingerprint density at radius 1 is 1.53 bits per heavy atom. The van der Waals surface area contributed by atoms with Crippen molar-refractivity contribution in [1.82, 2.24) is 4.90 Å². The molecule has 0 aliphatic carbocycles. The molecule has 15 heavy (non-hydrogen) atoms. The third-order valence-electron chi connectivity index (χ3n) is 2.39. The third kappa shape index (κ3) is 4.30. The van der Waals surface area contributed by atoms with Crippen molar-refractivity contribution in [3.8, 4) is 6.07 Å². The molecule has 2 N–H and O–H groups in total. The minimum absolute atomic E-state index is 0.0692. The Kier molecular flexibility index (Phi) is 5.31. The average molecular weight is 211 g/mol. The lowest BCUT2D eigenvalue weighted by Crippen LogP contribution is -2.50. The van der Waals surface area contributed by atoms with Crippen LogP contribution in [0.3, 0.4) is 0 Å². The van der Waals surface area contributed by atoms with E-state index in [4.69, 9.17) is 11.0 Å². The molecule has 0 spiro atoms. The van der Waals surface area contributed by atoms with Crippen molar-refractivity contribution in [1.29, 1.82) is 5.26 Å². The van der Waals surface area contributed by atoms with E-state index in [0.717, 1.165) is 0 Å². The fraction of sp³-hybridized carbons (Fsp3) is 0.818. The van der Waals surface area contributed by atoms with Crippen LogP contribution in [0.2, 0.25) is 0 Å². The van der Waals surface area contributed by atoms with Gasteiger partial charge in [-0.15, -0.1) is 0 Å². The quantitative estimate of drug-likeness (QED) is 0.757. The topological polar surface area (TPSA) is 70.1 Å². The number of carbonyl (C=O) groups excluding carboxylic acids is 1. The van der Waals surface area contributed by atoms with Gasteiger partial charge in [-0.1, -0.05) is 20.8 Å². The van der Waals surface area contributed by atoms with Crippen LogP contribution < -0.4 is 5.73 Å². The highest BCUT2D eigenvalue weighted by Gasteiger charge is 2.30. The smallest absolute Gasteiger partial charge is 0.240 e. The van der Waals surface area contributed by atoms with E-state index in [0.29, 0.717) is 19.5 Å². The van der Waals surface area contributed by atoms with E-state index >= 15 is 0 Å². The minimum atomic E-state index is -0.504. The molecular formula is C11H21N3O. The van der Waals surface area contributed by atoms with Gasteiger partial charge in [-0.25, -0.2) is 0 Å². The summed E-state index contributed by atoms with van der Waals surface area (Å²) in [5.41, 5.74) is 5.63. The Labute approximate surface area is 92.0 Å². The molecule has 0 rings (SSSR count). The predicted molar refractivity (Wildman–Crippen MR) is 59.9 cm³/mol. The molecule has 1 amide bonds. The summed E-state index contributed by atoms with van der Waals surface area (Å²) in [5, 5.41) is 8.47. The summed E-state index contributed by atoms with van der Waals surface area (Å²) in [6, 6.07) is 1.53. The van der Waals surface area contributed by atoms with Crippen LogP contribution in [0.1, 0.15) is 34.1 Å². The molecule has 0 aromatic rings. The highest BCUT2D eigenvalue weighted by atomic mass is 16.2. The molecule has 4 nitrogen and oxygen atoms in total. The highest BCUT2D eigenvalue weighted by molar-refractivity contribution is 5.82. The number of hydrogen-bond donors (Lipinski definition) is 1. The Bertz CT molecular complexity index is 250. The van der Waals surface area contributed by atoms with E-state index in [1.54, 1.807) is 4.90 Å². The maximum Gasteiger partial charge on any atom is 0.240 e. The van der Waals surface area contributed by atoms with E-state index < -0.39 is 6.04 Å². The second-order valence-corrected chi connectivity index (χ2v) is 4.67. The predicted octanol–water partition coefficient (Wildman–Crippen LogP) is 1.12. The number of hydrogen-bond acceptors (Lipinski definition) is 3. The van der Waals surface area contributed by atoms with Crippen LogP contribution in [0, 0.1) is 16.7 Å². The zero-order valence-corrected chi connectivity index (χ0v) is 10.1.